The minimum atomic E-state index is -0.861. The summed E-state index contributed by atoms with van der Waals surface area (Å²) in [4.78, 5) is 16.5. The highest BCUT2D eigenvalue weighted by Gasteiger charge is 2.34. The zero-order valence-electron chi connectivity index (χ0n) is 13.7. The Morgan fingerprint density at radius 3 is 3.00 bits per heavy atom. The average Bonchev–Trinajstić information content (AvgIpc) is 3.29. The molecule has 1 unspecified atom stereocenters. The Balaban J connectivity index is 1.48. The number of fused-ring (bicyclic) bond motifs is 1. The van der Waals surface area contributed by atoms with E-state index in [1.54, 1.807) is 12.5 Å². The first kappa shape index (κ1) is 16.7. The van der Waals surface area contributed by atoms with E-state index in [2.05, 4.69) is 10.3 Å². The van der Waals surface area contributed by atoms with Crippen molar-refractivity contribution in [3.8, 4) is 0 Å². The van der Waals surface area contributed by atoms with E-state index in [9.17, 15) is 18.7 Å². The lowest BCUT2D eigenvalue weighted by Gasteiger charge is -2.16. The first-order chi connectivity index (χ1) is 12.5. The third-order valence-corrected chi connectivity index (χ3v) is 4.81. The first-order valence-corrected chi connectivity index (χ1v) is 8.32. The second-order valence-electron chi connectivity index (χ2n) is 6.66. The summed E-state index contributed by atoms with van der Waals surface area (Å²) in [6.07, 6.45) is 6.82. The number of halogens is 2. The Morgan fingerprint density at radius 1 is 1.38 bits per heavy atom. The van der Waals surface area contributed by atoms with Gasteiger partial charge >= 0.3 is 0 Å². The molecule has 1 aliphatic carbocycles. The van der Waals surface area contributed by atoms with E-state index in [0.717, 1.165) is 12.3 Å². The molecule has 1 amide bonds. The molecule has 1 aliphatic rings. The van der Waals surface area contributed by atoms with Crippen LogP contribution in [0.4, 0.5) is 8.78 Å². The van der Waals surface area contributed by atoms with Crippen molar-refractivity contribution in [3.63, 3.8) is 0 Å². The molecule has 8 heteroatoms. The van der Waals surface area contributed by atoms with Gasteiger partial charge in [0.2, 0.25) is 0 Å². The van der Waals surface area contributed by atoms with Gasteiger partial charge in [-0.2, -0.15) is 0 Å². The largest absolute Gasteiger partial charge is 0.460 e. The normalized spacial score (nSPS) is 22.8. The first-order valence-electron chi connectivity index (χ1n) is 8.32. The Hall–Kier alpha value is -2.74. The Morgan fingerprint density at radius 2 is 2.23 bits per heavy atom. The summed E-state index contributed by atoms with van der Waals surface area (Å²) in [7, 11) is 0. The van der Waals surface area contributed by atoms with E-state index >= 15 is 0 Å². The van der Waals surface area contributed by atoms with Crippen LogP contribution in [0.15, 0.2) is 41.5 Å². The molecule has 2 heterocycles. The summed E-state index contributed by atoms with van der Waals surface area (Å²) in [5, 5.41) is 13.1. The molecule has 136 valence electrons. The van der Waals surface area contributed by atoms with Crippen LogP contribution >= 0.6 is 0 Å². The highest BCUT2D eigenvalue weighted by atomic mass is 19.1. The number of carbonyl (C=O) groups excluding carboxylic acids is 1. The predicted octanol–water partition coefficient (Wildman–Crippen LogP) is 2.48. The number of benzene rings is 1. The van der Waals surface area contributed by atoms with E-state index in [-0.39, 0.29) is 22.5 Å². The molecule has 6 nitrogen and oxygen atoms in total. The topological polar surface area (TPSA) is 80.3 Å². The smallest absolute Gasteiger partial charge is 0.255 e. The summed E-state index contributed by atoms with van der Waals surface area (Å²) < 4.78 is 34.2. The van der Waals surface area contributed by atoms with Crippen LogP contribution in [0.25, 0.3) is 11.0 Å². The molecule has 1 fully saturated rings. The summed E-state index contributed by atoms with van der Waals surface area (Å²) >= 11 is 0. The number of carbonyl (C=O) groups is 1. The van der Waals surface area contributed by atoms with Gasteiger partial charge in [-0.05, 0) is 24.8 Å². The molecule has 0 aliphatic heterocycles. The number of aromatic nitrogens is 2. The molecule has 0 radical (unpaired) electrons. The standard InChI is InChI=1S/C18H17F2N3O3/c19-11-5-12-13(8-26-17(12)14(20)6-11)18(25)22-15-3-10(4-16(15)24)7-23-2-1-21-9-23/h1-2,5-6,8-10,15-16,24H,3-4,7H2,(H,22,25)/t10?,15-,16-/m1/s1. The monoisotopic (exact) mass is 361 g/mol. The third-order valence-electron chi connectivity index (χ3n) is 4.81. The van der Waals surface area contributed by atoms with Crippen LogP contribution < -0.4 is 5.32 Å². The number of nitrogens with zero attached hydrogens (tertiary/aromatic N) is 2. The molecule has 0 saturated heterocycles. The number of aliphatic hydroxyl groups is 1. The van der Waals surface area contributed by atoms with Crippen LogP contribution in [-0.4, -0.2) is 32.7 Å². The molecule has 1 aromatic carbocycles. The van der Waals surface area contributed by atoms with Gasteiger partial charge < -0.3 is 19.4 Å². The van der Waals surface area contributed by atoms with Gasteiger partial charge in [0.1, 0.15) is 12.1 Å². The second-order valence-corrected chi connectivity index (χ2v) is 6.66. The third kappa shape index (κ3) is 3.08. The van der Waals surface area contributed by atoms with Gasteiger partial charge in [-0.3, -0.25) is 4.79 Å². The van der Waals surface area contributed by atoms with Crippen LogP contribution in [0.5, 0.6) is 0 Å². The SMILES string of the molecule is O=C(N[C@@H]1CC(Cn2ccnc2)C[C@H]1O)c1coc2c(F)cc(F)cc12. The number of rotatable bonds is 4. The van der Waals surface area contributed by atoms with Gasteiger partial charge in [0.25, 0.3) is 5.91 Å². The van der Waals surface area contributed by atoms with Crippen LogP contribution in [0.1, 0.15) is 23.2 Å². The number of nitrogens with one attached hydrogen (secondary N) is 1. The van der Waals surface area contributed by atoms with Crippen molar-refractivity contribution in [2.24, 2.45) is 5.92 Å². The average molecular weight is 361 g/mol. The van der Waals surface area contributed by atoms with Crippen LogP contribution in [0.2, 0.25) is 0 Å². The lowest BCUT2D eigenvalue weighted by molar-refractivity contribution is 0.0873. The van der Waals surface area contributed by atoms with Gasteiger partial charge in [-0.1, -0.05) is 0 Å². The van der Waals surface area contributed by atoms with Crippen LogP contribution in [-0.2, 0) is 6.54 Å². The molecular weight excluding hydrogens is 344 g/mol. The summed E-state index contributed by atoms with van der Waals surface area (Å²) in [5.74, 6) is -1.98. The van der Waals surface area contributed by atoms with Gasteiger partial charge in [0, 0.05) is 30.4 Å². The van der Waals surface area contributed by atoms with Crippen molar-refractivity contribution in [1.82, 2.24) is 14.9 Å². The molecule has 2 aromatic heterocycles. The minimum Gasteiger partial charge on any atom is -0.460 e. The number of hydrogen-bond donors (Lipinski definition) is 2. The number of aliphatic hydroxyl groups excluding tert-OH is 1. The lowest BCUT2D eigenvalue weighted by atomic mass is 10.1. The van der Waals surface area contributed by atoms with E-state index < -0.39 is 29.7 Å². The maximum absolute atomic E-state index is 13.7. The zero-order valence-corrected chi connectivity index (χ0v) is 13.7. The van der Waals surface area contributed by atoms with E-state index in [1.165, 1.54) is 0 Å². The highest BCUT2D eigenvalue weighted by molar-refractivity contribution is 6.06. The van der Waals surface area contributed by atoms with Crippen molar-refractivity contribution in [2.75, 3.05) is 0 Å². The molecular formula is C18H17F2N3O3. The summed E-state index contributed by atoms with van der Waals surface area (Å²) in [6.45, 7) is 0.703. The molecule has 26 heavy (non-hydrogen) atoms. The highest BCUT2D eigenvalue weighted by Crippen LogP contribution is 2.29. The van der Waals surface area contributed by atoms with E-state index in [1.807, 2.05) is 10.8 Å². The fourth-order valence-corrected chi connectivity index (χ4v) is 3.60. The molecule has 2 N–H and O–H groups in total. The lowest BCUT2D eigenvalue weighted by Crippen LogP contribution is -2.39. The number of hydrogen-bond acceptors (Lipinski definition) is 4. The van der Waals surface area contributed by atoms with Gasteiger partial charge in [0.05, 0.1) is 24.0 Å². The predicted molar refractivity (Wildman–Crippen MR) is 88.3 cm³/mol. The van der Waals surface area contributed by atoms with E-state index in [0.29, 0.717) is 25.5 Å². The summed E-state index contributed by atoms with van der Waals surface area (Å²) in [6, 6.07) is 1.33. The van der Waals surface area contributed by atoms with Gasteiger partial charge in [0.15, 0.2) is 11.4 Å². The van der Waals surface area contributed by atoms with Crippen molar-refractivity contribution >= 4 is 16.9 Å². The van der Waals surface area contributed by atoms with E-state index in [4.69, 9.17) is 4.42 Å². The molecule has 4 rings (SSSR count). The van der Waals surface area contributed by atoms with Crippen LogP contribution in [0.3, 0.4) is 0 Å². The van der Waals surface area contributed by atoms with Crippen LogP contribution in [0, 0.1) is 17.6 Å². The quantitative estimate of drug-likeness (QED) is 0.748. The molecule has 3 aromatic rings. The Bertz CT molecular complexity index is 939. The van der Waals surface area contributed by atoms with Crippen molar-refractivity contribution in [2.45, 2.75) is 31.5 Å². The Kier molecular flexibility index (Phi) is 4.20. The Labute approximate surface area is 147 Å². The number of imidazole rings is 1. The molecule has 0 spiro atoms. The number of furan rings is 1. The molecule has 0 bridgehead atoms. The van der Waals surface area contributed by atoms with Crippen molar-refractivity contribution in [3.05, 3.63) is 54.3 Å². The van der Waals surface area contributed by atoms with Gasteiger partial charge in [-0.25, -0.2) is 13.8 Å². The molecule has 3 atom stereocenters. The maximum atomic E-state index is 13.7. The number of amides is 1. The summed E-state index contributed by atoms with van der Waals surface area (Å²) in [5.41, 5.74) is -0.120. The second kappa shape index (κ2) is 6.53. The fourth-order valence-electron chi connectivity index (χ4n) is 3.60. The van der Waals surface area contributed by atoms with Gasteiger partial charge in [-0.15, -0.1) is 0 Å². The van der Waals surface area contributed by atoms with Crippen molar-refractivity contribution in [1.29, 1.82) is 0 Å². The zero-order chi connectivity index (χ0) is 18.3. The molecule has 1 saturated carbocycles. The minimum absolute atomic E-state index is 0.0451. The maximum Gasteiger partial charge on any atom is 0.255 e. The van der Waals surface area contributed by atoms with Crippen molar-refractivity contribution < 1.29 is 23.1 Å². The fraction of sp³-hybridized carbons (Fsp3) is 0.333.